The van der Waals surface area contributed by atoms with E-state index in [2.05, 4.69) is 56.4 Å². The molecule has 3 nitrogen and oxygen atoms in total. The molecule has 0 radical (unpaired) electrons. The number of hydrogen-bond donors (Lipinski definition) is 1. The second-order valence-electron chi connectivity index (χ2n) is 6.56. The smallest absolute Gasteiger partial charge is 0.111 e. The zero-order valence-electron chi connectivity index (χ0n) is 13.4. The molecule has 1 aromatic carbocycles. The van der Waals surface area contributed by atoms with Crippen molar-refractivity contribution in [1.82, 2.24) is 15.2 Å². The second kappa shape index (κ2) is 6.03. The third-order valence-electron chi connectivity index (χ3n) is 4.62. The molecule has 114 valence electrons. The molecule has 1 aromatic heterocycles. The third kappa shape index (κ3) is 3.12. The predicted molar refractivity (Wildman–Crippen MR) is 90.9 cm³/mol. The number of piperidine rings is 1. The monoisotopic (exact) mass is 303 g/mol. The van der Waals surface area contributed by atoms with Gasteiger partial charge in [0.05, 0.1) is 16.3 Å². The lowest BCUT2D eigenvalue weighted by Gasteiger charge is -2.28. The number of thiazole rings is 1. The largest absolute Gasteiger partial charge is 0.310 e. The van der Waals surface area contributed by atoms with Gasteiger partial charge in [0.15, 0.2) is 0 Å². The first-order chi connectivity index (χ1) is 10.0. The number of rotatable bonds is 3. The number of aromatic nitrogens is 1. The summed E-state index contributed by atoms with van der Waals surface area (Å²) in [4.78, 5) is 7.06. The maximum absolute atomic E-state index is 4.85. The Kier molecular flexibility index (Phi) is 4.29. The van der Waals surface area contributed by atoms with E-state index >= 15 is 0 Å². The molecular weight excluding hydrogens is 278 g/mol. The Morgan fingerprint density at radius 3 is 2.81 bits per heavy atom. The fourth-order valence-corrected chi connectivity index (χ4v) is 3.96. The Hall–Kier alpha value is -0.970. The highest BCUT2D eigenvalue weighted by molar-refractivity contribution is 7.18. The van der Waals surface area contributed by atoms with Crippen LogP contribution in [0, 0.1) is 5.92 Å². The molecule has 2 heterocycles. The number of nitrogens with one attached hydrogen (secondary N) is 1. The summed E-state index contributed by atoms with van der Waals surface area (Å²) in [5.41, 5.74) is 2.55. The number of hydrogen-bond acceptors (Lipinski definition) is 4. The highest BCUT2D eigenvalue weighted by Gasteiger charge is 2.20. The van der Waals surface area contributed by atoms with Crippen LogP contribution in [-0.4, -0.2) is 30.5 Å². The minimum absolute atomic E-state index is 0.375. The lowest BCUT2D eigenvalue weighted by Crippen LogP contribution is -2.31. The van der Waals surface area contributed by atoms with Gasteiger partial charge in [-0.25, -0.2) is 4.98 Å². The van der Waals surface area contributed by atoms with Crippen LogP contribution in [-0.2, 0) is 0 Å². The summed E-state index contributed by atoms with van der Waals surface area (Å²) >= 11 is 1.82. The van der Waals surface area contributed by atoms with Crippen molar-refractivity contribution < 1.29 is 0 Å². The van der Waals surface area contributed by atoms with Crippen molar-refractivity contribution in [2.24, 2.45) is 5.92 Å². The van der Waals surface area contributed by atoms with Crippen LogP contribution in [0.3, 0.4) is 0 Å². The molecule has 2 unspecified atom stereocenters. The Bertz CT molecular complexity index is 612. The average molecular weight is 303 g/mol. The van der Waals surface area contributed by atoms with Crippen molar-refractivity contribution in [3.8, 4) is 0 Å². The molecule has 3 rings (SSSR count). The van der Waals surface area contributed by atoms with E-state index in [1.54, 1.807) is 0 Å². The standard InChI is InChI=1S/C17H25N3S/c1-11-5-7-14(18-10-11)13-6-8-16-15(9-13)19-17(21-16)12(2)20(3)4/h6,8-9,11-12,14,18H,5,7,10H2,1-4H3/t11?,12?,14-/m1/s1. The summed E-state index contributed by atoms with van der Waals surface area (Å²) in [6.07, 6.45) is 2.55. The topological polar surface area (TPSA) is 28.2 Å². The van der Waals surface area contributed by atoms with Gasteiger partial charge in [-0.05, 0) is 64.0 Å². The number of fused-ring (bicyclic) bond motifs is 1. The number of nitrogens with zero attached hydrogens (tertiary/aromatic N) is 2. The Morgan fingerprint density at radius 1 is 1.33 bits per heavy atom. The first kappa shape index (κ1) is 14.9. The van der Waals surface area contributed by atoms with Crippen LogP contribution >= 0.6 is 11.3 Å². The second-order valence-corrected chi connectivity index (χ2v) is 7.62. The normalized spacial score (nSPS) is 24.6. The quantitative estimate of drug-likeness (QED) is 0.929. The fourth-order valence-electron chi connectivity index (χ4n) is 2.86. The summed E-state index contributed by atoms with van der Waals surface area (Å²) in [5, 5.41) is 4.87. The molecule has 2 aromatic rings. The predicted octanol–water partition coefficient (Wildman–Crippen LogP) is 3.98. The molecule has 0 aliphatic carbocycles. The van der Waals surface area contributed by atoms with Crippen LogP contribution < -0.4 is 5.32 Å². The summed E-state index contributed by atoms with van der Waals surface area (Å²) in [6.45, 7) is 5.66. The van der Waals surface area contributed by atoms with Crippen molar-refractivity contribution in [2.75, 3.05) is 20.6 Å². The zero-order chi connectivity index (χ0) is 15.0. The fraction of sp³-hybridized carbons (Fsp3) is 0.588. The van der Waals surface area contributed by atoms with E-state index in [4.69, 9.17) is 4.98 Å². The molecule has 0 saturated carbocycles. The van der Waals surface area contributed by atoms with Crippen LogP contribution in [0.4, 0.5) is 0 Å². The van der Waals surface area contributed by atoms with Gasteiger partial charge in [-0.15, -0.1) is 11.3 Å². The minimum atomic E-state index is 0.375. The molecule has 0 amide bonds. The van der Waals surface area contributed by atoms with Gasteiger partial charge in [-0.3, -0.25) is 0 Å². The van der Waals surface area contributed by atoms with Gasteiger partial charge in [0.2, 0.25) is 0 Å². The molecule has 21 heavy (non-hydrogen) atoms. The van der Waals surface area contributed by atoms with Crippen LogP contribution in [0.5, 0.6) is 0 Å². The minimum Gasteiger partial charge on any atom is -0.310 e. The Labute approximate surface area is 131 Å². The van der Waals surface area contributed by atoms with E-state index in [0.717, 1.165) is 18.0 Å². The van der Waals surface area contributed by atoms with Crippen molar-refractivity contribution >= 4 is 21.6 Å². The summed E-state index contributed by atoms with van der Waals surface area (Å²) in [6, 6.07) is 7.68. The first-order valence-electron chi connectivity index (χ1n) is 7.85. The van der Waals surface area contributed by atoms with Gasteiger partial charge in [0, 0.05) is 6.04 Å². The maximum atomic E-state index is 4.85. The summed E-state index contributed by atoms with van der Waals surface area (Å²) in [7, 11) is 4.21. The molecule has 1 N–H and O–H groups in total. The van der Waals surface area contributed by atoms with Crippen LogP contribution in [0.2, 0.25) is 0 Å². The highest BCUT2D eigenvalue weighted by atomic mass is 32.1. The molecular formula is C17H25N3S. The van der Waals surface area contributed by atoms with Crippen molar-refractivity contribution in [2.45, 2.75) is 38.8 Å². The average Bonchev–Trinajstić information content (AvgIpc) is 2.89. The zero-order valence-corrected chi connectivity index (χ0v) is 14.2. The summed E-state index contributed by atoms with van der Waals surface area (Å²) < 4.78 is 1.30. The van der Waals surface area contributed by atoms with Crippen molar-refractivity contribution in [1.29, 1.82) is 0 Å². The van der Waals surface area contributed by atoms with Crippen LogP contribution in [0.25, 0.3) is 10.2 Å². The summed E-state index contributed by atoms with van der Waals surface area (Å²) in [5.74, 6) is 0.803. The van der Waals surface area contributed by atoms with E-state index in [0.29, 0.717) is 12.1 Å². The van der Waals surface area contributed by atoms with Gasteiger partial charge in [-0.2, -0.15) is 0 Å². The molecule has 4 heteroatoms. The molecule has 1 fully saturated rings. The molecule has 0 spiro atoms. The van der Waals surface area contributed by atoms with Crippen LogP contribution in [0.1, 0.15) is 49.3 Å². The van der Waals surface area contributed by atoms with Gasteiger partial charge >= 0.3 is 0 Å². The Balaban J connectivity index is 1.86. The lowest BCUT2D eigenvalue weighted by atomic mass is 9.92. The SMILES string of the molecule is CC1CC[C@H](c2ccc3sc(C(C)N(C)C)nc3c2)NC1. The third-order valence-corrected chi connectivity index (χ3v) is 5.83. The van der Waals surface area contributed by atoms with Gasteiger partial charge < -0.3 is 10.2 Å². The maximum Gasteiger partial charge on any atom is 0.111 e. The molecule has 1 saturated heterocycles. The Morgan fingerprint density at radius 2 is 2.14 bits per heavy atom. The van der Waals surface area contributed by atoms with E-state index in [9.17, 15) is 0 Å². The van der Waals surface area contributed by atoms with Crippen molar-refractivity contribution in [3.05, 3.63) is 28.8 Å². The molecule has 1 aliphatic heterocycles. The first-order valence-corrected chi connectivity index (χ1v) is 8.66. The molecule has 3 atom stereocenters. The van der Waals surface area contributed by atoms with E-state index in [1.165, 1.54) is 28.1 Å². The van der Waals surface area contributed by atoms with E-state index < -0.39 is 0 Å². The van der Waals surface area contributed by atoms with Crippen molar-refractivity contribution in [3.63, 3.8) is 0 Å². The van der Waals surface area contributed by atoms with E-state index in [1.807, 2.05) is 11.3 Å². The van der Waals surface area contributed by atoms with Gasteiger partial charge in [0.25, 0.3) is 0 Å². The molecule has 0 bridgehead atoms. The highest BCUT2D eigenvalue weighted by Crippen LogP contribution is 2.32. The van der Waals surface area contributed by atoms with Gasteiger partial charge in [0.1, 0.15) is 5.01 Å². The number of benzene rings is 1. The van der Waals surface area contributed by atoms with Gasteiger partial charge in [-0.1, -0.05) is 13.0 Å². The van der Waals surface area contributed by atoms with E-state index in [-0.39, 0.29) is 0 Å². The lowest BCUT2D eigenvalue weighted by molar-refractivity contribution is 0.320. The molecule has 1 aliphatic rings. The van der Waals surface area contributed by atoms with Crippen LogP contribution in [0.15, 0.2) is 18.2 Å².